The second-order valence-corrected chi connectivity index (χ2v) is 32.2. The van der Waals surface area contributed by atoms with E-state index in [1.807, 2.05) is 36.4 Å². The fourth-order valence-electron chi connectivity index (χ4n) is 21.6. The zero-order chi connectivity index (χ0) is 66.5. The van der Waals surface area contributed by atoms with Crippen molar-refractivity contribution in [3.05, 3.63) is 110 Å². The Bertz CT molecular complexity index is 2820. The van der Waals surface area contributed by atoms with Crippen molar-refractivity contribution in [3.8, 4) is 17.2 Å². The van der Waals surface area contributed by atoms with E-state index in [1.54, 1.807) is 51.4 Å². The van der Waals surface area contributed by atoms with Gasteiger partial charge in [-0.15, -0.1) is 0 Å². The highest BCUT2D eigenvalue weighted by molar-refractivity contribution is 5.24. The Morgan fingerprint density at radius 1 is 0.447 bits per heavy atom. The molecule has 11 aliphatic rings. The molecule has 0 radical (unpaired) electrons. The number of aliphatic hydroxyl groups excluding tert-OH is 2. The predicted octanol–water partition coefficient (Wildman–Crippen LogP) is 17.0. The molecule has 3 aromatic rings. The molecule has 94 heavy (non-hydrogen) atoms. The molecule has 14 nitrogen and oxygen atoms in total. The maximum absolute atomic E-state index is 10.5. The highest BCUT2D eigenvalue weighted by Gasteiger charge is 2.64. The Hall–Kier alpha value is -4.25. The lowest BCUT2D eigenvalue weighted by Gasteiger charge is -2.63. The van der Waals surface area contributed by atoms with Crippen molar-refractivity contribution in [1.82, 2.24) is 15.0 Å². The summed E-state index contributed by atoms with van der Waals surface area (Å²) in [6.45, 7) is 31.5. The maximum Gasteiger partial charge on any atom is 0.168 e. The zero-order valence-electron chi connectivity index (χ0n) is 59.0. The molecule has 5 heterocycles. The number of nitrogens with zero attached hydrogens (tertiary/aromatic N) is 3. The average Bonchev–Trinajstić information content (AvgIpc) is 0.862. The topological polar surface area (TPSA) is 162 Å². The Balaban J connectivity index is 0.000000135. The van der Waals surface area contributed by atoms with Crippen LogP contribution < -0.4 is 14.2 Å². The van der Waals surface area contributed by atoms with Gasteiger partial charge < -0.3 is 52.8 Å². The predicted molar refractivity (Wildman–Crippen MR) is 368 cm³/mol. The summed E-state index contributed by atoms with van der Waals surface area (Å²) >= 11 is 0. The lowest BCUT2D eigenvalue weighted by molar-refractivity contribution is -0.355. The van der Waals surface area contributed by atoms with E-state index < -0.39 is 11.5 Å². The van der Waals surface area contributed by atoms with Gasteiger partial charge in [0.05, 0.1) is 58.0 Å². The lowest BCUT2D eigenvalue weighted by atomic mass is 9.46. The van der Waals surface area contributed by atoms with Gasteiger partial charge in [0, 0.05) is 106 Å². The molecule has 14 rings (SSSR count). The molecule has 15 atom stereocenters. The van der Waals surface area contributed by atoms with E-state index in [-0.39, 0.29) is 51.0 Å². The first-order valence-electron chi connectivity index (χ1n) is 36.8. The number of methoxy groups -OCH3 is 2. The van der Waals surface area contributed by atoms with Gasteiger partial charge in [0.1, 0.15) is 17.2 Å². The van der Waals surface area contributed by atoms with Crippen LogP contribution in [-0.2, 0) is 28.4 Å². The summed E-state index contributed by atoms with van der Waals surface area (Å²) in [4.78, 5) is 12.2. The highest BCUT2D eigenvalue weighted by Crippen LogP contribution is 2.67. The fraction of sp³-hybridized carbons (Fsp3) is 0.738. The molecule has 2 saturated heterocycles. The van der Waals surface area contributed by atoms with Gasteiger partial charge in [-0.3, -0.25) is 15.0 Å². The molecule has 0 aromatic carbocycles. The standard InChI is InChI=1S/2C26H37NO3.C21H31NO3.C7H14O2/c2*1-19-6-7-22-24(2,21(19)11-17-28-20-9-15-27-16-10-20)14-8-23-25(22,3)18-29-26(30-23)12-4-5-13-26;1-15-4-5-18-20(2,10-6-19(24)21(18,3)14-23)17(15)9-13-25-16-7-11-22-12-8-16;1-8-7(9-2)5-3-4-6-7/h2*9-10,15-16,21-23H,1,4-8,11-14,17-18H2,2-3H3;7-8,11-12,17-19,23-24H,1,4-6,9-10,13-14H2,2-3H3;3-6H2,1-2H3/t2*21-,22?,23-,24+,25+;17-,18?,19-,20+,21+;/m111./s1. The molecule has 520 valence electrons. The molecule has 2 spiro atoms. The average molecular weight is 1300 g/mol. The van der Waals surface area contributed by atoms with Crippen LogP contribution in [0.4, 0.5) is 0 Å². The number of rotatable bonds is 15. The van der Waals surface area contributed by atoms with Crippen LogP contribution in [0.1, 0.15) is 215 Å². The third-order valence-corrected chi connectivity index (χ3v) is 27.1. The van der Waals surface area contributed by atoms with Crippen LogP contribution in [0.15, 0.2) is 110 Å². The summed E-state index contributed by atoms with van der Waals surface area (Å²) in [5.74, 6) is 4.78. The number of aliphatic hydroxyl groups is 2. The summed E-state index contributed by atoms with van der Waals surface area (Å²) in [5.41, 5.74) is 4.47. The van der Waals surface area contributed by atoms with Gasteiger partial charge in [-0.2, -0.15) is 0 Å². The summed E-state index contributed by atoms with van der Waals surface area (Å²) in [6.07, 6.45) is 40.8. The van der Waals surface area contributed by atoms with Gasteiger partial charge in [-0.05, 0) is 223 Å². The van der Waals surface area contributed by atoms with E-state index in [4.69, 9.17) is 42.6 Å². The molecule has 0 amide bonds. The van der Waals surface area contributed by atoms with Gasteiger partial charge >= 0.3 is 0 Å². The minimum Gasteiger partial charge on any atom is -0.493 e. The van der Waals surface area contributed by atoms with E-state index in [1.165, 1.54) is 80.9 Å². The van der Waals surface area contributed by atoms with Crippen molar-refractivity contribution in [3.63, 3.8) is 0 Å². The van der Waals surface area contributed by atoms with E-state index >= 15 is 0 Å². The van der Waals surface area contributed by atoms with Crippen LogP contribution in [0.3, 0.4) is 0 Å². The number of aromatic nitrogens is 3. The minimum atomic E-state index is -0.421. The summed E-state index contributed by atoms with van der Waals surface area (Å²) in [6, 6.07) is 11.5. The van der Waals surface area contributed by atoms with Crippen molar-refractivity contribution in [2.45, 2.75) is 251 Å². The lowest BCUT2D eigenvalue weighted by Crippen LogP contribution is -2.63. The number of allylic oxidation sites excluding steroid dienone is 3. The quantitative estimate of drug-likeness (QED) is 0.109. The Labute approximate surface area is 564 Å². The van der Waals surface area contributed by atoms with Crippen LogP contribution in [0, 0.1) is 68.0 Å². The third kappa shape index (κ3) is 14.3. The third-order valence-electron chi connectivity index (χ3n) is 27.1. The second kappa shape index (κ2) is 29.7. The molecule has 2 aliphatic heterocycles. The molecule has 9 aliphatic carbocycles. The van der Waals surface area contributed by atoms with E-state index in [9.17, 15) is 10.2 Å². The Morgan fingerprint density at radius 3 is 1.12 bits per heavy atom. The number of ether oxygens (including phenoxy) is 9. The van der Waals surface area contributed by atoms with Crippen molar-refractivity contribution < 1.29 is 52.8 Å². The Morgan fingerprint density at radius 2 is 0.777 bits per heavy atom. The molecular formula is C80H119N3O11. The maximum atomic E-state index is 10.5. The monoisotopic (exact) mass is 1300 g/mol. The normalized spacial score (nSPS) is 38.1. The van der Waals surface area contributed by atoms with Crippen molar-refractivity contribution in [2.24, 2.45) is 68.0 Å². The van der Waals surface area contributed by atoms with Crippen LogP contribution in [0.2, 0.25) is 0 Å². The molecule has 3 aromatic heterocycles. The van der Waals surface area contributed by atoms with E-state index in [0.29, 0.717) is 54.3 Å². The molecular weight excluding hydrogens is 1180 g/mol. The Kier molecular flexibility index (Phi) is 22.4. The molecule has 2 N–H and O–H groups in total. The smallest absolute Gasteiger partial charge is 0.168 e. The molecule has 9 saturated carbocycles. The number of pyridine rings is 3. The van der Waals surface area contributed by atoms with Gasteiger partial charge in [0.25, 0.3) is 0 Å². The second-order valence-electron chi connectivity index (χ2n) is 32.2. The largest absolute Gasteiger partial charge is 0.493 e. The molecule has 14 heteroatoms. The number of hydrogen-bond donors (Lipinski definition) is 2. The van der Waals surface area contributed by atoms with Crippen LogP contribution in [0.5, 0.6) is 17.2 Å². The summed E-state index contributed by atoms with van der Waals surface area (Å²) in [5, 5.41) is 20.6. The first-order chi connectivity index (χ1) is 45.1. The van der Waals surface area contributed by atoms with Gasteiger partial charge in [0.2, 0.25) is 0 Å². The van der Waals surface area contributed by atoms with Gasteiger partial charge in [-0.25, -0.2) is 0 Å². The first kappa shape index (κ1) is 71.0. The van der Waals surface area contributed by atoms with Gasteiger partial charge in [-0.1, -0.05) is 78.0 Å². The highest BCUT2D eigenvalue weighted by atomic mass is 16.7. The molecule has 0 bridgehead atoms. The summed E-state index contributed by atoms with van der Waals surface area (Å²) in [7, 11) is 3.43. The van der Waals surface area contributed by atoms with E-state index in [0.717, 1.165) is 153 Å². The van der Waals surface area contributed by atoms with Gasteiger partial charge in [0.15, 0.2) is 17.4 Å². The zero-order valence-corrected chi connectivity index (χ0v) is 59.0. The first-order valence-corrected chi connectivity index (χ1v) is 36.8. The SMILES string of the molecule is C=C1CCC2[C@](C)(CO)[C@H](O)CC[C@@]2(C)[C@@H]1CCOc1ccncc1.C=C1CCC2[C@]3(C)COC4(CCCC4)O[C@@H]3CC[C@@]2(C)[C@@H]1CCOc1ccncc1.C=C1CCC2[C@]3(C)COC4(CCCC4)O[C@@H]3CC[C@@]2(C)[C@@H]1CCOc1ccncc1.COC1(OC)CCCC1. The van der Waals surface area contributed by atoms with Crippen molar-refractivity contribution in [2.75, 3.05) is 53.9 Å². The van der Waals surface area contributed by atoms with Crippen molar-refractivity contribution in [1.29, 1.82) is 0 Å². The minimum absolute atomic E-state index is 0.0428. The van der Waals surface area contributed by atoms with E-state index in [2.05, 4.69) is 76.2 Å². The van der Waals surface area contributed by atoms with Crippen LogP contribution in [-0.4, -0.2) is 115 Å². The van der Waals surface area contributed by atoms with Crippen LogP contribution in [0.25, 0.3) is 0 Å². The number of hydrogen-bond acceptors (Lipinski definition) is 14. The fourth-order valence-corrected chi connectivity index (χ4v) is 21.6. The molecule has 11 fully saturated rings. The molecule has 3 unspecified atom stereocenters. The summed E-state index contributed by atoms with van der Waals surface area (Å²) < 4.78 is 55.0. The van der Waals surface area contributed by atoms with Crippen LogP contribution >= 0.6 is 0 Å². The van der Waals surface area contributed by atoms with Crippen molar-refractivity contribution >= 4 is 0 Å². The number of fused-ring (bicyclic) bond motifs is 7.